The maximum absolute atomic E-state index is 9.42. The summed E-state index contributed by atoms with van der Waals surface area (Å²) in [6.45, 7) is 1.85. The second-order valence-electron chi connectivity index (χ2n) is 7.56. The number of nitrogens with zero attached hydrogens (tertiary/aromatic N) is 1. The first kappa shape index (κ1) is 17.8. The molecule has 1 saturated carbocycles. The molecule has 0 heterocycles. The lowest BCUT2D eigenvalue weighted by Crippen LogP contribution is -2.39. The summed E-state index contributed by atoms with van der Waals surface area (Å²) in [5.74, 6) is 0.327. The lowest BCUT2D eigenvalue weighted by molar-refractivity contribution is 0.279. The van der Waals surface area contributed by atoms with Gasteiger partial charge in [-0.05, 0) is 48.2 Å². The van der Waals surface area contributed by atoms with Gasteiger partial charge in [-0.15, -0.1) is 0 Å². The largest absolute Gasteiger partial charge is 0.508 e. The van der Waals surface area contributed by atoms with Gasteiger partial charge < -0.3 is 15.3 Å². The van der Waals surface area contributed by atoms with Crippen molar-refractivity contribution in [3.05, 3.63) is 59.7 Å². The second kappa shape index (κ2) is 7.92. The highest BCUT2D eigenvalue weighted by Crippen LogP contribution is 2.40. The van der Waals surface area contributed by atoms with Crippen molar-refractivity contribution in [2.24, 2.45) is 0 Å². The van der Waals surface area contributed by atoms with Crippen molar-refractivity contribution in [2.45, 2.75) is 44.1 Å². The smallest absolute Gasteiger partial charge is 0.115 e. The number of aromatic hydroxyl groups is 1. The molecule has 3 nitrogen and oxygen atoms in total. The topological polar surface area (TPSA) is 35.5 Å². The molecule has 0 amide bonds. The SMILES string of the molecule is CN(C)c1cccc(C2(CNCc3ccc(O)cc3)CCCCC2)c1. The van der Waals surface area contributed by atoms with Crippen molar-refractivity contribution in [2.75, 3.05) is 25.5 Å². The molecule has 0 unspecified atom stereocenters. The summed E-state index contributed by atoms with van der Waals surface area (Å²) in [6.07, 6.45) is 6.49. The van der Waals surface area contributed by atoms with Gasteiger partial charge in [-0.3, -0.25) is 0 Å². The molecule has 0 saturated heterocycles. The number of rotatable bonds is 6. The molecule has 2 N–H and O–H groups in total. The molecule has 1 aliphatic carbocycles. The molecule has 0 radical (unpaired) electrons. The van der Waals surface area contributed by atoms with Gasteiger partial charge in [-0.2, -0.15) is 0 Å². The van der Waals surface area contributed by atoms with Crippen LogP contribution in [0.3, 0.4) is 0 Å². The van der Waals surface area contributed by atoms with E-state index in [0.717, 1.165) is 13.1 Å². The zero-order valence-electron chi connectivity index (χ0n) is 15.5. The van der Waals surface area contributed by atoms with Gasteiger partial charge in [-0.1, -0.05) is 43.5 Å². The van der Waals surface area contributed by atoms with Crippen LogP contribution in [0.15, 0.2) is 48.5 Å². The van der Waals surface area contributed by atoms with Crippen molar-refractivity contribution in [1.29, 1.82) is 0 Å². The number of anilines is 1. The normalized spacial score (nSPS) is 16.6. The number of phenols is 1. The maximum Gasteiger partial charge on any atom is 0.115 e. The van der Waals surface area contributed by atoms with E-state index in [9.17, 15) is 5.11 Å². The molecule has 0 atom stereocenters. The van der Waals surface area contributed by atoms with Crippen molar-refractivity contribution >= 4 is 5.69 Å². The molecule has 2 aromatic carbocycles. The summed E-state index contributed by atoms with van der Waals surface area (Å²) in [5.41, 5.74) is 4.20. The zero-order valence-corrected chi connectivity index (χ0v) is 15.5. The number of benzene rings is 2. The van der Waals surface area contributed by atoms with Gasteiger partial charge in [0.05, 0.1) is 0 Å². The Labute approximate surface area is 151 Å². The minimum absolute atomic E-state index is 0.237. The van der Waals surface area contributed by atoms with Gasteiger partial charge >= 0.3 is 0 Å². The highest BCUT2D eigenvalue weighted by molar-refractivity contribution is 5.49. The molecule has 2 aromatic rings. The molecule has 1 fully saturated rings. The van der Waals surface area contributed by atoms with Gasteiger partial charge in [0.1, 0.15) is 5.75 Å². The summed E-state index contributed by atoms with van der Waals surface area (Å²) in [7, 11) is 4.21. The van der Waals surface area contributed by atoms with Crippen molar-refractivity contribution in [3.8, 4) is 5.75 Å². The molecule has 25 heavy (non-hydrogen) atoms. The van der Waals surface area contributed by atoms with Crippen LogP contribution in [0.4, 0.5) is 5.69 Å². The van der Waals surface area contributed by atoms with Crippen LogP contribution in [-0.4, -0.2) is 25.7 Å². The Bertz CT molecular complexity index is 673. The summed E-state index contributed by atoms with van der Waals surface area (Å²) in [4.78, 5) is 2.18. The van der Waals surface area contributed by atoms with E-state index in [-0.39, 0.29) is 5.41 Å². The summed E-state index contributed by atoms with van der Waals surface area (Å²) < 4.78 is 0. The molecular weight excluding hydrogens is 308 g/mol. The minimum atomic E-state index is 0.237. The highest BCUT2D eigenvalue weighted by atomic mass is 16.3. The first-order valence-electron chi connectivity index (χ1n) is 9.36. The average molecular weight is 338 g/mol. The maximum atomic E-state index is 9.42. The Morgan fingerprint density at radius 1 is 1.00 bits per heavy atom. The van der Waals surface area contributed by atoms with Crippen LogP contribution in [-0.2, 0) is 12.0 Å². The van der Waals surface area contributed by atoms with Crippen LogP contribution in [0.2, 0.25) is 0 Å². The Kier molecular flexibility index (Phi) is 5.64. The molecule has 134 valence electrons. The fraction of sp³-hybridized carbons (Fsp3) is 0.455. The number of hydrogen-bond donors (Lipinski definition) is 2. The summed E-state index contributed by atoms with van der Waals surface area (Å²) in [6, 6.07) is 16.5. The van der Waals surface area contributed by atoms with Crippen molar-refractivity contribution in [1.82, 2.24) is 5.32 Å². The third-order valence-electron chi connectivity index (χ3n) is 5.51. The first-order valence-corrected chi connectivity index (χ1v) is 9.36. The molecule has 0 bridgehead atoms. The Balaban J connectivity index is 1.74. The molecule has 0 spiro atoms. The van der Waals surface area contributed by atoms with E-state index in [1.807, 2.05) is 12.1 Å². The fourth-order valence-electron chi connectivity index (χ4n) is 3.97. The predicted molar refractivity (Wildman–Crippen MR) is 105 cm³/mol. The monoisotopic (exact) mass is 338 g/mol. The van der Waals surface area contributed by atoms with Crippen LogP contribution >= 0.6 is 0 Å². The summed E-state index contributed by atoms with van der Waals surface area (Å²) >= 11 is 0. The van der Waals surface area contributed by atoms with Gasteiger partial charge in [0.2, 0.25) is 0 Å². The Morgan fingerprint density at radius 3 is 2.40 bits per heavy atom. The standard InChI is InChI=1S/C22H30N2O/c1-24(2)20-8-6-7-19(15-20)22(13-4-3-5-14-22)17-23-16-18-9-11-21(25)12-10-18/h6-12,15,23,25H,3-5,13-14,16-17H2,1-2H3. The van der Waals surface area contributed by atoms with E-state index in [4.69, 9.17) is 0 Å². The van der Waals surface area contributed by atoms with E-state index < -0.39 is 0 Å². The third-order valence-corrected chi connectivity index (χ3v) is 5.51. The van der Waals surface area contributed by atoms with Crippen LogP contribution in [0, 0.1) is 0 Å². The molecular formula is C22H30N2O. The van der Waals surface area contributed by atoms with Crippen LogP contribution in [0.5, 0.6) is 5.75 Å². The minimum Gasteiger partial charge on any atom is -0.508 e. The Hall–Kier alpha value is -2.00. The average Bonchev–Trinajstić information content (AvgIpc) is 2.64. The quantitative estimate of drug-likeness (QED) is 0.817. The Morgan fingerprint density at radius 2 is 1.72 bits per heavy atom. The van der Waals surface area contributed by atoms with Gasteiger partial charge in [0, 0.05) is 38.3 Å². The van der Waals surface area contributed by atoms with Gasteiger partial charge in [0.25, 0.3) is 0 Å². The van der Waals surface area contributed by atoms with E-state index in [1.54, 1.807) is 12.1 Å². The van der Waals surface area contributed by atoms with E-state index in [1.165, 1.54) is 48.9 Å². The second-order valence-corrected chi connectivity index (χ2v) is 7.56. The van der Waals surface area contributed by atoms with E-state index >= 15 is 0 Å². The van der Waals surface area contributed by atoms with Crippen LogP contribution < -0.4 is 10.2 Å². The van der Waals surface area contributed by atoms with E-state index in [0.29, 0.717) is 5.75 Å². The molecule has 3 rings (SSSR count). The van der Waals surface area contributed by atoms with Crippen LogP contribution in [0.25, 0.3) is 0 Å². The van der Waals surface area contributed by atoms with E-state index in [2.05, 4.69) is 48.6 Å². The third kappa shape index (κ3) is 4.35. The number of phenolic OH excluding ortho intramolecular Hbond substituents is 1. The van der Waals surface area contributed by atoms with Crippen LogP contribution in [0.1, 0.15) is 43.2 Å². The van der Waals surface area contributed by atoms with Crippen molar-refractivity contribution < 1.29 is 5.11 Å². The van der Waals surface area contributed by atoms with Gasteiger partial charge in [-0.25, -0.2) is 0 Å². The zero-order chi connectivity index (χ0) is 17.7. The molecule has 1 aliphatic rings. The lowest BCUT2D eigenvalue weighted by atomic mass is 9.69. The first-order chi connectivity index (χ1) is 12.1. The lowest BCUT2D eigenvalue weighted by Gasteiger charge is -2.39. The molecule has 0 aromatic heterocycles. The highest BCUT2D eigenvalue weighted by Gasteiger charge is 2.33. The van der Waals surface area contributed by atoms with Gasteiger partial charge in [0.15, 0.2) is 0 Å². The van der Waals surface area contributed by atoms with Crippen molar-refractivity contribution in [3.63, 3.8) is 0 Å². The number of hydrogen-bond acceptors (Lipinski definition) is 3. The summed E-state index contributed by atoms with van der Waals surface area (Å²) in [5, 5.41) is 13.1. The molecule has 0 aliphatic heterocycles. The number of nitrogens with one attached hydrogen (secondary N) is 1. The fourth-order valence-corrected chi connectivity index (χ4v) is 3.97. The predicted octanol–water partition coefficient (Wildman–Crippen LogP) is 4.45. The molecule has 3 heteroatoms.